The van der Waals surface area contributed by atoms with Gasteiger partial charge in [-0.1, -0.05) is 6.07 Å². The smallest absolute Gasteiger partial charge is 0.416 e. The molecule has 0 aliphatic carbocycles. The molecule has 2 aromatic rings. The van der Waals surface area contributed by atoms with Crippen LogP contribution in [0.5, 0.6) is 11.5 Å². The fourth-order valence-electron chi connectivity index (χ4n) is 2.88. The second-order valence-electron chi connectivity index (χ2n) is 6.63. The lowest BCUT2D eigenvalue weighted by Gasteiger charge is -2.15. The predicted molar refractivity (Wildman–Crippen MR) is 105 cm³/mol. The SMILES string of the molecule is CC1=NN(c2cccc(C(F)(F)F)c2)C(=O)/C1=C(/C)NNC(=O)c1ccc(O)c(O)c1. The molecule has 11 heteroatoms. The Bertz CT molecular complexity index is 1130. The molecular formula is C20H17F3N4O4. The van der Waals surface area contributed by atoms with Crippen LogP contribution in [0, 0.1) is 0 Å². The number of hydrazone groups is 1. The number of amides is 2. The summed E-state index contributed by atoms with van der Waals surface area (Å²) in [4.78, 5) is 25.0. The Hall–Kier alpha value is -4.02. The van der Waals surface area contributed by atoms with Gasteiger partial charge >= 0.3 is 6.18 Å². The first-order valence-electron chi connectivity index (χ1n) is 8.85. The number of anilines is 1. The first-order chi connectivity index (χ1) is 14.5. The lowest BCUT2D eigenvalue weighted by molar-refractivity contribution is -0.137. The van der Waals surface area contributed by atoms with Crippen molar-refractivity contribution < 1.29 is 33.0 Å². The molecule has 0 atom stereocenters. The van der Waals surface area contributed by atoms with Crippen molar-refractivity contribution in [2.75, 3.05) is 5.01 Å². The molecule has 4 N–H and O–H groups in total. The third kappa shape index (κ3) is 4.44. The quantitative estimate of drug-likeness (QED) is 0.336. The summed E-state index contributed by atoms with van der Waals surface area (Å²) in [5.41, 5.74) is 4.48. The Morgan fingerprint density at radius 2 is 1.77 bits per heavy atom. The summed E-state index contributed by atoms with van der Waals surface area (Å²) in [5.74, 6) is -2.20. The van der Waals surface area contributed by atoms with Gasteiger partial charge in [-0.25, -0.2) is 0 Å². The van der Waals surface area contributed by atoms with E-state index < -0.39 is 29.3 Å². The van der Waals surface area contributed by atoms with Crippen LogP contribution in [-0.2, 0) is 11.0 Å². The monoisotopic (exact) mass is 434 g/mol. The Morgan fingerprint density at radius 1 is 1.06 bits per heavy atom. The molecule has 0 saturated carbocycles. The van der Waals surface area contributed by atoms with Crippen molar-refractivity contribution in [1.29, 1.82) is 0 Å². The largest absolute Gasteiger partial charge is 0.504 e. The Kier molecular flexibility index (Phi) is 5.60. The molecular weight excluding hydrogens is 417 g/mol. The molecule has 0 unspecified atom stereocenters. The first kappa shape index (κ1) is 21.7. The summed E-state index contributed by atoms with van der Waals surface area (Å²) >= 11 is 0. The van der Waals surface area contributed by atoms with Crippen molar-refractivity contribution in [3.05, 3.63) is 64.9 Å². The number of allylic oxidation sites excluding steroid dienone is 1. The third-order valence-corrected chi connectivity index (χ3v) is 4.41. The van der Waals surface area contributed by atoms with Crippen LogP contribution in [-0.4, -0.2) is 27.7 Å². The summed E-state index contributed by atoms with van der Waals surface area (Å²) in [6, 6.07) is 7.68. The van der Waals surface area contributed by atoms with Gasteiger partial charge in [-0.2, -0.15) is 23.3 Å². The van der Waals surface area contributed by atoms with Gasteiger partial charge in [0.05, 0.1) is 22.5 Å². The maximum atomic E-state index is 13.0. The minimum absolute atomic E-state index is 0.0364. The minimum atomic E-state index is -4.57. The van der Waals surface area contributed by atoms with E-state index in [9.17, 15) is 33.0 Å². The highest BCUT2D eigenvalue weighted by atomic mass is 19.4. The number of carbonyl (C=O) groups excluding carboxylic acids is 2. The number of aromatic hydroxyl groups is 2. The molecule has 8 nitrogen and oxygen atoms in total. The maximum absolute atomic E-state index is 13.0. The van der Waals surface area contributed by atoms with Gasteiger partial charge in [-0.05, 0) is 50.2 Å². The predicted octanol–water partition coefficient (Wildman–Crippen LogP) is 3.05. The fraction of sp³-hybridized carbons (Fsp3) is 0.150. The van der Waals surface area contributed by atoms with Crippen molar-refractivity contribution >= 4 is 23.2 Å². The molecule has 2 amide bonds. The molecule has 0 saturated heterocycles. The van der Waals surface area contributed by atoms with Gasteiger partial charge in [-0.15, -0.1) is 0 Å². The van der Waals surface area contributed by atoms with Crippen LogP contribution in [0.3, 0.4) is 0 Å². The zero-order valence-corrected chi connectivity index (χ0v) is 16.3. The lowest BCUT2D eigenvalue weighted by atomic mass is 10.1. The van der Waals surface area contributed by atoms with Crippen molar-refractivity contribution in [2.45, 2.75) is 20.0 Å². The Morgan fingerprint density at radius 3 is 2.42 bits per heavy atom. The Labute approximate surface area is 174 Å². The van der Waals surface area contributed by atoms with Crippen LogP contribution in [0.4, 0.5) is 18.9 Å². The van der Waals surface area contributed by atoms with Crippen LogP contribution < -0.4 is 15.9 Å². The van der Waals surface area contributed by atoms with Crippen LogP contribution in [0.15, 0.2) is 58.8 Å². The second-order valence-corrected chi connectivity index (χ2v) is 6.63. The summed E-state index contributed by atoms with van der Waals surface area (Å²) in [5, 5.41) is 23.7. The topological polar surface area (TPSA) is 114 Å². The number of carbonyl (C=O) groups is 2. The van der Waals surface area contributed by atoms with E-state index in [4.69, 9.17) is 0 Å². The van der Waals surface area contributed by atoms with Gasteiger partial charge in [0.1, 0.15) is 0 Å². The molecule has 0 fully saturated rings. The average molecular weight is 434 g/mol. The molecule has 162 valence electrons. The standard InChI is InChI=1S/C20H17F3N4O4/c1-10(24-25-18(30)12-6-7-15(28)16(29)8-12)17-11(2)26-27(19(17)31)14-5-3-4-13(9-14)20(21,22)23/h3-9,24,28-29H,1-2H3,(H,25,30)/b17-10-. The van der Waals surface area contributed by atoms with Gasteiger partial charge in [0, 0.05) is 11.3 Å². The number of hydrazine groups is 1. The normalized spacial score (nSPS) is 15.6. The molecule has 1 heterocycles. The van der Waals surface area contributed by atoms with Crippen LogP contribution >= 0.6 is 0 Å². The van der Waals surface area contributed by atoms with E-state index >= 15 is 0 Å². The van der Waals surface area contributed by atoms with Crippen molar-refractivity contribution in [3.63, 3.8) is 0 Å². The zero-order chi connectivity index (χ0) is 22.9. The summed E-state index contributed by atoms with van der Waals surface area (Å²) in [7, 11) is 0. The summed E-state index contributed by atoms with van der Waals surface area (Å²) < 4.78 is 38.9. The molecule has 1 aliphatic rings. The van der Waals surface area contributed by atoms with E-state index in [0.717, 1.165) is 29.3 Å². The number of hydrogen-bond acceptors (Lipinski definition) is 6. The number of benzene rings is 2. The highest BCUT2D eigenvalue weighted by molar-refractivity contribution is 6.30. The van der Waals surface area contributed by atoms with E-state index in [2.05, 4.69) is 16.0 Å². The van der Waals surface area contributed by atoms with Crippen molar-refractivity contribution in [2.24, 2.45) is 5.10 Å². The summed E-state index contributed by atoms with van der Waals surface area (Å²) in [6.07, 6.45) is -4.57. The van der Waals surface area contributed by atoms with Crippen molar-refractivity contribution in [3.8, 4) is 11.5 Å². The first-order valence-corrected chi connectivity index (χ1v) is 8.85. The maximum Gasteiger partial charge on any atom is 0.416 e. The second kappa shape index (κ2) is 8.01. The molecule has 0 radical (unpaired) electrons. The molecule has 31 heavy (non-hydrogen) atoms. The Balaban J connectivity index is 1.78. The summed E-state index contributed by atoms with van der Waals surface area (Å²) in [6.45, 7) is 2.99. The average Bonchev–Trinajstić information content (AvgIpc) is 3.01. The van der Waals surface area contributed by atoms with E-state index in [1.54, 1.807) is 0 Å². The van der Waals surface area contributed by atoms with Crippen LogP contribution in [0.25, 0.3) is 0 Å². The molecule has 0 spiro atoms. The van der Waals surface area contributed by atoms with Gasteiger partial charge in [0.25, 0.3) is 11.8 Å². The van der Waals surface area contributed by atoms with Crippen molar-refractivity contribution in [1.82, 2.24) is 10.9 Å². The zero-order valence-electron chi connectivity index (χ0n) is 16.3. The molecule has 1 aliphatic heterocycles. The number of nitrogens with zero attached hydrogens (tertiary/aromatic N) is 2. The minimum Gasteiger partial charge on any atom is -0.504 e. The highest BCUT2D eigenvalue weighted by Crippen LogP contribution is 2.33. The number of alkyl halides is 3. The van der Waals surface area contributed by atoms with Gasteiger partial charge in [0.2, 0.25) is 0 Å². The number of phenols is 2. The number of nitrogens with one attached hydrogen (secondary N) is 2. The molecule has 2 aromatic carbocycles. The van der Waals surface area contributed by atoms with E-state index in [1.807, 2.05) is 0 Å². The van der Waals surface area contributed by atoms with Gasteiger partial charge in [0.15, 0.2) is 11.5 Å². The van der Waals surface area contributed by atoms with Gasteiger partial charge < -0.3 is 15.6 Å². The number of hydrogen-bond donors (Lipinski definition) is 4. The third-order valence-electron chi connectivity index (χ3n) is 4.41. The van der Waals surface area contributed by atoms with Crippen LogP contribution in [0.1, 0.15) is 29.8 Å². The van der Waals surface area contributed by atoms with E-state index in [-0.39, 0.29) is 34.0 Å². The number of phenolic OH excluding ortho intramolecular Hbond substituents is 2. The van der Waals surface area contributed by atoms with Gasteiger partial charge in [-0.3, -0.25) is 15.0 Å². The lowest BCUT2D eigenvalue weighted by Crippen LogP contribution is -2.37. The van der Waals surface area contributed by atoms with E-state index in [0.29, 0.717) is 0 Å². The van der Waals surface area contributed by atoms with E-state index in [1.165, 1.54) is 32.0 Å². The van der Waals surface area contributed by atoms with Crippen LogP contribution in [0.2, 0.25) is 0 Å². The number of halogens is 3. The highest BCUT2D eigenvalue weighted by Gasteiger charge is 2.34. The molecule has 0 aromatic heterocycles. The molecule has 3 rings (SSSR count). The number of rotatable bonds is 4. The fourth-order valence-corrected chi connectivity index (χ4v) is 2.88. The molecule has 0 bridgehead atoms.